The Labute approximate surface area is 206 Å². The number of benzene rings is 3. The van der Waals surface area contributed by atoms with E-state index in [-0.39, 0.29) is 23.9 Å². The van der Waals surface area contributed by atoms with Gasteiger partial charge < -0.3 is 4.90 Å². The number of nitrogens with one attached hydrogen (secondary N) is 3. The minimum absolute atomic E-state index is 0. The van der Waals surface area contributed by atoms with E-state index in [1.807, 2.05) is 6.07 Å². The van der Waals surface area contributed by atoms with Crippen molar-refractivity contribution in [2.24, 2.45) is 0 Å². The number of fused-ring (bicyclic) bond motifs is 1. The molecule has 0 bridgehead atoms. The molecule has 182 valence electrons. The van der Waals surface area contributed by atoms with E-state index in [1.54, 1.807) is 5.48 Å². The number of hydrazine groups is 1. The SMILES string of the molecule is CCN(CC)CCCc1ccc(CNNC(=O)c2ccc(C(=O)NO)cc2)c2ccccc12.Cl. The zero-order chi connectivity index (χ0) is 23.6. The highest BCUT2D eigenvalue weighted by Gasteiger charge is 2.10. The number of rotatable bonds is 11. The number of hydroxylamine groups is 1. The second-order valence-corrected chi connectivity index (χ2v) is 7.89. The van der Waals surface area contributed by atoms with Crippen LogP contribution in [0.5, 0.6) is 0 Å². The van der Waals surface area contributed by atoms with Gasteiger partial charge in [0.25, 0.3) is 11.8 Å². The molecular weight excluding hydrogens is 452 g/mol. The fraction of sp³-hybridized carbons (Fsp3) is 0.308. The van der Waals surface area contributed by atoms with Crippen molar-refractivity contribution in [2.45, 2.75) is 33.2 Å². The minimum atomic E-state index is -0.622. The van der Waals surface area contributed by atoms with Crippen molar-refractivity contribution in [1.29, 1.82) is 0 Å². The first-order valence-corrected chi connectivity index (χ1v) is 11.4. The van der Waals surface area contributed by atoms with Crippen LogP contribution in [0.4, 0.5) is 0 Å². The maximum absolute atomic E-state index is 12.4. The Hall–Kier alpha value is -2.97. The van der Waals surface area contributed by atoms with Crippen LogP contribution in [-0.2, 0) is 13.0 Å². The van der Waals surface area contributed by atoms with E-state index in [0.29, 0.717) is 12.1 Å². The van der Waals surface area contributed by atoms with Gasteiger partial charge in [-0.3, -0.25) is 20.2 Å². The Kier molecular flexibility index (Phi) is 11.0. The molecule has 0 aromatic heterocycles. The summed E-state index contributed by atoms with van der Waals surface area (Å²) >= 11 is 0. The summed E-state index contributed by atoms with van der Waals surface area (Å²) in [5, 5.41) is 11.1. The van der Waals surface area contributed by atoms with Gasteiger partial charge in [0.15, 0.2) is 0 Å². The molecule has 3 rings (SSSR count). The molecule has 0 unspecified atom stereocenters. The monoisotopic (exact) mass is 484 g/mol. The van der Waals surface area contributed by atoms with E-state index in [1.165, 1.54) is 40.6 Å². The molecule has 2 amide bonds. The second kappa shape index (κ2) is 13.7. The topological polar surface area (TPSA) is 93.7 Å². The highest BCUT2D eigenvalue weighted by molar-refractivity contribution is 5.97. The first kappa shape index (κ1) is 27.3. The number of amides is 2. The van der Waals surface area contributed by atoms with Gasteiger partial charge >= 0.3 is 0 Å². The Balaban J connectivity index is 0.00000408. The summed E-state index contributed by atoms with van der Waals surface area (Å²) in [6.45, 7) is 8.14. The maximum atomic E-state index is 12.4. The van der Waals surface area contributed by atoms with Crippen LogP contribution in [0, 0.1) is 0 Å². The van der Waals surface area contributed by atoms with Crippen molar-refractivity contribution in [1.82, 2.24) is 21.2 Å². The Bertz CT molecular complexity index is 1090. The lowest BCUT2D eigenvalue weighted by atomic mass is 9.97. The fourth-order valence-corrected chi connectivity index (χ4v) is 3.96. The van der Waals surface area contributed by atoms with Gasteiger partial charge in [-0.05, 0) is 78.6 Å². The van der Waals surface area contributed by atoms with Gasteiger partial charge in [-0.15, -0.1) is 12.4 Å². The average molecular weight is 485 g/mol. The van der Waals surface area contributed by atoms with E-state index in [4.69, 9.17) is 5.21 Å². The maximum Gasteiger partial charge on any atom is 0.274 e. The van der Waals surface area contributed by atoms with Gasteiger partial charge in [0.2, 0.25) is 0 Å². The van der Waals surface area contributed by atoms with Crippen molar-refractivity contribution in [3.05, 3.63) is 82.9 Å². The normalized spacial score (nSPS) is 10.7. The number of hydrogen-bond donors (Lipinski definition) is 4. The first-order valence-electron chi connectivity index (χ1n) is 11.4. The molecule has 0 fully saturated rings. The van der Waals surface area contributed by atoms with Crippen molar-refractivity contribution >= 4 is 35.0 Å². The van der Waals surface area contributed by atoms with Crippen LogP contribution < -0.4 is 16.3 Å². The third kappa shape index (κ3) is 7.01. The second-order valence-electron chi connectivity index (χ2n) is 7.89. The van der Waals surface area contributed by atoms with Gasteiger partial charge in [-0.2, -0.15) is 0 Å². The lowest BCUT2D eigenvalue weighted by molar-refractivity contribution is 0.0706. The largest absolute Gasteiger partial charge is 0.304 e. The molecule has 0 aliphatic carbocycles. The summed E-state index contributed by atoms with van der Waals surface area (Å²) in [7, 11) is 0. The molecule has 34 heavy (non-hydrogen) atoms. The van der Waals surface area contributed by atoms with Crippen LogP contribution in [0.3, 0.4) is 0 Å². The number of halogens is 1. The summed E-state index contributed by atoms with van der Waals surface area (Å²) < 4.78 is 0. The molecule has 0 radical (unpaired) electrons. The predicted molar refractivity (Wildman–Crippen MR) is 137 cm³/mol. The summed E-state index contributed by atoms with van der Waals surface area (Å²) in [5.74, 6) is -0.924. The average Bonchev–Trinajstić information content (AvgIpc) is 2.87. The van der Waals surface area contributed by atoms with E-state index < -0.39 is 5.91 Å². The molecule has 8 heteroatoms. The van der Waals surface area contributed by atoms with Gasteiger partial charge in [0, 0.05) is 17.7 Å². The van der Waals surface area contributed by atoms with Crippen LogP contribution in [0.25, 0.3) is 10.8 Å². The molecule has 0 saturated carbocycles. The Morgan fingerprint density at radius 3 is 1.97 bits per heavy atom. The first-order chi connectivity index (χ1) is 16.1. The lowest BCUT2D eigenvalue weighted by Crippen LogP contribution is -2.36. The number of nitrogens with zero attached hydrogens (tertiary/aromatic N) is 1. The van der Waals surface area contributed by atoms with E-state index >= 15 is 0 Å². The molecule has 0 heterocycles. The van der Waals surface area contributed by atoms with Gasteiger partial charge in [-0.25, -0.2) is 10.9 Å². The third-order valence-corrected chi connectivity index (χ3v) is 5.91. The standard InChI is InChI=1S/C26H32N4O3.ClH/c1-3-30(4-2)17-7-8-19-11-16-22(24-10-6-5-9-23(19)24)18-27-28-25(31)20-12-14-21(15-13-20)26(32)29-33;/h5-6,9-16,27,33H,3-4,7-8,17-18H2,1-2H3,(H,28,31)(H,29,32);1H. The van der Waals surface area contributed by atoms with Crippen LogP contribution in [0.1, 0.15) is 52.1 Å². The molecule has 0 aliphatic rings. The highest BCUT2D eigenvalue weighted by atomic mass is 35.5. The Morgan fingerprint density at radius 1 is 0.824 bits per heavy atom. The molecule has 4 N–H and O–H groups in total. The summed E-state index contributed by atoms with van der Waals surface area (Å²) in [4.78, 5) is 26.2. The molecule has 3 aromatic carbocycles. The molecule has 7 nitrogen and oxygen atoms in total. The molecular formula is C26H33ClN4O3. The molecule has 3 aromatic rings. The number of hydrogen-bond acceptors (Lipinski definition) is 5. The number of carbonyl (C=O) groups is 2. The van der Waals surface area contributed by atoms with Crippen LogP contribution in [0.2, 0.25) is 0 Å². The summed E-state index contributed by atoms with van der Waals surface area (Å²) in [6.07, 6.45) is 2.16. The van der Waals surface area contributed by atoms with Crippen molar-refractivity contribution in [2.75, 3.05) is 19.6 Å². The van der Waals surface area contributed by atoms with E-state index in [2.05, 4.69) is 59.9 Å². The van der Waals surface area contributed by atoms with Gasteiger partial charge in [-0.1, -0.05) is 50.2 Å². The zero-order valence-corrected chi connectivity index (χ0v) is 20.5. The summed E-state index contributed by atoms with van der Waals surface area (Å²) in [5.41, 5.74) is 10.4. The van der Waals surface area contributed by atoms with Gasteiger partial charge in [0.05, 0.1) is 0 Å². The van der Waals surface area contributed by atoms with Gasteiger partial charge in [0.1, 0.15) is 0 Å². The van der Waals surface area contributed by atoms with Crippen molar-refractivity contribution in [3.8, 4) is 0 Å². The van der Waals surface area contributed by atoms with E-state index in [9.17, 15) is 9.59 Å². The summed E-state index contributed by atoms with van der Waals surface area (Å²) in [6, 6.07) is 18.7. The van der Waals surface area contributed by atoms with Crippen molar-refractivity contribution in [3.63, 3.8) is 0 Å². The van der Waals surface area contributed by atoms with Crippen LogP contribution >= 0.6 is 12.4 Å². The van der Waals surface area contributed by atoms with Crippen LogP contribution in [0.15, 0.2) is 60.7 Å². The van der Waals surface area contributed by atoms with E-state index in [0.717, 1.165) is 38.0 Å². The molecule has 0 spiro atoms. The number of aryl methyl sites for hydroxylation is 1. The minimum Gasteiger partial charge on any atom is -0.304 e. The lowest BCUT2D eigenvalue weighted by Gasteiger charge is -2.18. The van der Waals surface area contributed by atoms with Crippen molar-refractivity contribution < 1.29 is 14.8 Å². The zero-order valence-electron chi connectivity index (χ0n) is 19.6. The smallest absolute Gasteiger partial charge is 0.274 e. The predicted octanol–water partition coefficient (Wildman–Crippen LogP) is 4.09. The quantitative estimate of drug-likeness (QED) is 0.243. The molecule has 0 aliphatic heterocycles. The molecule has 0 saturated heterocycles. The Morgan fingerprint density at radius 2 is 1.38 bits per heavy atom. The third-order valence-electron chi connectivity index (χ3n) is 5.91. The highest BCUT2D eigenvalue weighted by Crippen LogP contribution is 2.24. The molecule has 0 atom stereocenters. The van der Waals surface area contributed by atoms with Crippen LogP contribution in [-0.4, -0.2) is 41.6 Å². The number of carbonyl (C=O) groups excluding carboxylic acids is 2. The fourth-order valence-electron chi connectivity index (χ4n) is 3.96.